The Bertz CT molecular complexity index is 1440. The van der Waals surface area contributed by atoms with Gasteiger partial charge in [-0.05, 0) is 31.2 Å². The molecule has 0 aliphatic carbocycles. The maximum absolute atomic E-state index is 13.4. The lowest BCUT2D eigenvalue weighted by atomic mass is 10.2. The number of halogens is 1. The largest absolute Gasteiger partial charge is 0.382 e. The van der Waals surface area contributed by atoms with Crippen LogP contribution in [0.25, 0.3) is 16.6 Å². The molecule has 11 heteroatoms. The highest BCUT2D eigenvalue weighted by Gasteiger charge is 2.17. The van der Waals surface area contributed by atoms with Crippen molar-refractivity contribution in [3.8, 4) is 11.8 Å². The minimum atomic E-state index is -0.292. The highest BCUT2D eigenvalue weighted by atomic mass is 35.5. The molecular formula is C21H18ClN9O. The third kappa shape index (κ3) is 3.77. The topological polar surface area (TPSA) is 161 Å². The van der Waals surface area contributed by atoms with Gasteiger partial charge >= 0.3 is 0 Å². The molecule has 0 amide bonds. The van der Waals surface area contributed by atoms with Crippen molar-refractivity contribution in [2.45, 2.75) is 13.3 Å². The summed E-state index contributed by atoms with van der Waals surface area (Å²) in [6, 6.07) is 10.6. The van der Waals surface area contributed by atoms with E-state index in [9.17, 15) is 10.1 Å². The van der Waals surface area contributed by atoms with Gasteiger partial charge in [0.1, 0.15) is 23.3 Å². The summed E-state index contributed by atoms with van der Waals surface area (Å²) in [6.07, 6.45) is 1.97. The highest BCUT2D eigenvalue weighted by molar-refractivity contribution is 6.35. The highest BCUT2D eigenvalue weighted by Crippen LogP contribution is 2.22. The summed E-state index contributed by atoms with van der Waals surface area (Å²) in [4.78, 5) is 30.3. The van der Waals surface area contributed by atoms with Crippen LogP contribution in [-0.4, -0.2) is 31.0 Å². The molecular weight excluding hydrogens is 430 g/mol. The second kappa shape index (κ2) is 8.49. The van der Waals surface area contributed by atoms with Crippen LogP contribution in [0.5, 0.6) is 0 Å². The quantitative estimate of drug-likeness (QED) is 0.416. The number of pyridine rings is 1. The fraction of sp³-hybridized carbons (Fsp3) is 0.143. The Balaban J connectivity index is 1.78. The van der Waals surface area contributed by atoms with Crippen LogP contribution < -0.4 is 22.3 Å². The number of nitrogens with zero attached hydrogens (tertiary/aromatic N) is 6. The Morgan fingerprint density at radius 1 is 1.19 bits per heavy atom. The van der Waals surface area contributed by atoms with Crippen LogP contribution in [0, 0.1) is 18.3 Å². The summed E-state index contributed by atoms with van der Waals surface area (Å²) >= 11 is 6.31. The molecule has 0 saturated heterocycles. The Labute approximate surface area is 187 Å². The minimum absolute atomic E-state index is 0.0103. The molecule has 0 fully saturated rings. The maximum atomic E-state index is 13.4. The first-order chi connectivity index (χ1) is 15.4. The zero-order valence-corrected chi connectivity index (χ0v) is 17.8. The molecule has 0 spiro atoms. The van der Waals surface area contributed by atoms with Gasteiger partial charge in [0.2, 0.25) is 5.95 Å². The van der Waals surface area contributed by atoms with Crippen molar-refractivity contribution in [2.24, 2.45) is 0 Å². The number of nitrogens with two attached hydrogens (primary N) is 2. The Morgan fingerprint density at radius 3 is 2.75 bits per heavy atom. The fourth-order valence-corrected chi connectivity index (χ4v) is 3.64. The van der Waals surface area contributed by atoms with Crippen LogP contribution in [0.2, 0.25) is 5.02 Å². The van der Waals surface area contributed by atoms with Crippen LogP contribution >= 0.6 is 11.6 Å². The van der Waals surface area contributed by atoms with E-state index < -0.39 is 0 Å². The number of nitriles is 1. The Kier molecular flexibility index (Phi) is 5.57. The van der Waals surface area contributed by atoms with E-state index in [2.05, 4.69) is 25.3 Å². The van der Waals surface area contributed by atoms with Gasteiger partial charge in [-0.2, -0.15) is 15.2 Å². The normalized spacial score (nSPS) is 10.8. The smallest absolute Gasteiger partial charge is 0.267 e. The van der Waals surface area contributed by atoms with Crippen molar-refractivity contribution in [3.05, 3.63) is 69.0 Å². The summed E-state index contributed by atoms with van der Waals surface area (Å²) in [5, 5.41) is 13.0. The van der Waals surface area contributed by atoms with E-state index in [1.807, 2.05) is 13.0 Å². The van der Waals surface area contributed by atoms with Crippen molar-refractivity contribution in [1.82, 2.24) is 24.5 Å². The van der Waals surface area contributed by atoms with Gasteiger partial charge in [-0.3, -0.25) is 14.3 Å². The molecule has 0 aliphatic rings. The summed E-state index contributed by atoms with van der Waals surface area (Å²) in [6.45, 7) is 2.11. The van der Waals surface area contributed by atoms with Gasteiger partial charge in [0.05, 0.1) is 27.3 Å². The molecule has 4 aromatic rings. The van der Waals surface area contributed by atoms with Crippen LogP contribution in [0.15, 0.2) is 41.3 Å². The number of nitrogens with one attached hydrogen (secondary N) is 1. The molecule has 10 nitrogen and oxygen atoms in total. The van der Waals surface area contributed by atoms with Gasteiger partial charge < -0.3 is 16.8 Å². The first-order valence-corrected chi connectivity index (χ1v) is 9.97. The third-order valence-electron chi connectivity index (χ3n) is 4.84. The van der Waals surface area contributed by atoms with E-state index in [0.717, 1.165) is 0 Å². The van der Waals surface area contributed by atoms with Crippen LogP contribution in [0.3, 0.4) is 0 Å². The number of nitrogen functional groups attached to an aromatic ring is 2. The molecule has 0 saturated carbocycles. The summed E-state index contributed by atoms with van der Waals surface area (Å²) < 4.78 is 1.51. The summed E-state index contributed by atoms with van der Waals surface area (Å²) in [5.74, 6) is 0.642. The van der Waals surface area contributed by atoms with Crippen molar-refractivity contribution in [1.29, 1.82) is 5.26 Å². The molecule has 0 unspecified atom stereocenters. The monoisotopic (exact) mass is 447 g/mol. The third-order valence-corrected chi connectivity index (χ3v) is 5.16. The number of aryl methyl sites for hydroxylation is 1. The molecule has 4 rings (SSSR count). The molecule has 0 aliphatic heterocycles. The van der Waals surface area contributed by atoms with Crippen molar-refractivity contribution in [2.75, 3.05) is 23.3 Å². The first kappa shape index (κ1) is 21.0. The predicted octanol–water partition coefficient (Wildman–Crippen LogP) is 2.22. The minimum Gasteiger partial charge on any atom is -0.382 e. The molecule has 1 aromatic carbocycles. The van der Waals surface area contributed by atoms with Gasteiger partial charge in [-0.25, -0.2) is 4.98 Å². The fourth-order valence-electron chi connectivity index (χ4n) is 3.39. The van der Waals surface area contributed by atoms with E-state index in [1.54, 1.807) is 36.5 Å². The SMILES string of the molecule is Cc1ncccc1-n1c(CCNc2nc(N)nc(N)c2C#N)nc2cccc(Cl)c2c1=O. The van der Waals surface area contributed by atoms with Crippen molar-refractivity contribution < 1.29 is 0 Å². The first-order valence-electron chi connectivity index (χ1n) is 9.59. The van der Waals surface area contributed by atoms with Gasteiger partial charge in [-0.15, -0.1) is 0 Å². The van der Waals surface area contributed by atoms with Crippen molar-refractivity contribution >= 4 is 40.1 Å². The standard InChI is InChI=1S/C21H18ClN9O/c1-11-15(6-3-8-26-11)31-16(28-14-5-2-4-13(22)17(14)20(31)32)7-9-27-19-12(10-23)18(24)29-21(25)30-19/h2-6,8H,7,9H2,1H3,(H5,24,25,27,29,30). The van der Waals surface area contributed by atoms with E-state index in [1.165, 1.54) is 4.57 Å². The number of aromatic nitrogens is 5. The molecule has 0 bridgehead atoms. The molecule has 0 radical (unpaired) electrons. The van der Waals surface area contributed by atoms with Gasteiger partial charge in [0, 0.05) is 19.2 Å². The van der Waals surface area contributed by atoms with Gasteiger partial charge in [-0.1, -0.05) is 17.7 Å². The molecule has 5 N–H and O–H groups in total. The molecule has 0 atom stereocenters. The summed E-state index contributed by atoms with van der Waals surface area (Å²) in [7, 11) is 0. The second-order valence-electron chi connectivity index (χ2n) is 6.89. The molecule has 160 valence electrons. The second-order valence-corrected chi connectivity index (χ2v) is 7.30. The number of rotatable bonds is 5. The molecule has 3 aromatic heterocycles. The predicted molar refractivity (Wildman–Crippen MR) is 123 cm³/mol. The van der Waals surface area contributed by atoms with E-state index >= 15 is 0 Å². The van der Waals surface area contributed by atoms with E-state index in [0.29, 0.717) is 46.1 Å². The van der Waals surface area contributed by atoms with Gasteiger partial charge in [0.15, 0.2) is 5.82 Å². The lowest BCUT2D eigenvalue weighted by molar-refractivity contribution is 0.801. The van der Waals surface area contributed by atoms with Crippen LogP contribution in [0.1, 0.15) is 17.1 Å². The number of benzene rings is 1. The average molecular weight is 448 g/mol. The summed E-state index contributed by atoms with van der Waals surface area (Å²) in [5.41, 5.74) is 13.0. The maximum Gasteiger partial charge on any atom is 0.267 e. The van der Waals surface area contributed by atoms with Gasteiger partial charge in [0.25, 0.3) is 5.56 Å². The zero-order chi connectivity index (χ0) is 22.8. The van der Waals surface area contributed by atoms with Crippen LogP contribution in [-0.2, 0) is 6.42 Å². The van der Waals surface area contributed by atoms with Crippen LogP contribution in [0.4, 0.5) is 17.6 Å². The average Bonchev–Trinajstić information content (AvgIpc) is 2.74. The molecule has 32 heavy (non-hydrogen) atoms. The number of anilines is 3. The van der Waals surface area contributed by atoms with E-state index in [-0.39, 0.29) is 28.7 Å². The Morgan fingerprint density at radius 2 is 2.00 bits per heavy atom. The lowest BCUT2D eigenvalue weighted by Gasteiger charge is -2.16. The Hall–Kier alpha value is -4.23. The molecule has 3 heterocycles. The van der Waals surface area contributed by atoms with E-state index in [4.69, 9.17) is 23.1 Å². The number of fused-ring (bicyclic) bond motifs is 1. The lowest BCUT2D eigenvalue weighted by Crippen LogP contribution is -2.26. The zero-order valence-electron chi connectivity index (χ0n) is 17.0. The van der Waals surface area contributed by atoms with Crippen molar-refractivity contribution in [3.63, 3.8) is 0 Å². The number of hydrogen-bond acceptors (Lipinski definition) is 9. The number of hydrogen-bond donors (Lipinski definition) is 3.